The van der Waals surface area contributed by atoms with Crippen LogP contribution in [0.3, 0.4) is 0 Å². The van der Waals surface area contributed by atoms with Crippen molar-refractivity contribution in [2.24, 2.45) is 11.8 Å². The molecule has 1 N–H and O–H groups in total. The molecule has 0 saturated carbocycles. The molecule has 1 aromatic rings. The van der Waals surface area contributed by atoms with E-state index in [0.717, 1.165) is 10.2 Å². The SMILES string of the molecule is CC(C)OC(=O)[C@H]1CC=CC[C@@H]1C(=O)Nc1ccc(Br)cc1. The first-order chi connectivity index (χ1) is 10.5. The molecule has 118 valence electrons. The van der Waals surface area contributed by atoms with E-state index in [0.29, 0.717) is 12.8 Å². The second-order valence-corrected chi connectivity index (χ2v) is 6.55. The topological polar surface area (TPSA) is 55.4 Å². The number of ether oxygens (including phenoxy) is 1. The van der Waals surface area contributed by atoms with Gasteiger partial charge in [0.15, 0.2) is 0 Å². The third kappa shape index (κ3) is 4.44. The number of anilines is 1. The highest BCUT2D eigenvalue weighted by molar-refractivity contribution is 9.10. The first kappa shape index (κ1) is 16.7. The van der Waals surface area contributed by atoms with Crippen molar-refractivity contribution >= 4 is 33.5 Å². The molecular formula is C17H20BrNO3. The average Bonchev–Trinajstić information content (AvgIpc) is 2.49. The molecule has 5 heteroatoms. The Morgan fingerprint density at radius 2 is 1.73 bits per heavy atom. The van der Waals surface area contributed by atoms with E-state index < -0.39 is 5.92 Å². The number of nitrogens with one attached hydrogen (secondary N) is 1. The fourth-order valence-corrected chi connectivity index (χ4v) is 2.72. The van der Waals surface area contributed by atoms with Crippen molar-refractivity contribution in [3.8, 4) is 0 Å². The summed E-state index contributed by atoms with van der Waals surface area (Å²) in [6.07, 6.45) is 4.82. The minimum atomic E-state index is -0.414. The Morgan fingerprint density at radius 3 is 2.32 bits per heavy atom. The molecule has 1 amide bonds. The summed E-state index contributed by atoms with van der Waals surface area (Å²) < 4.78 is 6.23. The number of benzene rings is 1. The van der Waals surface area contributed by atoms with Crippen molar-refractivity contribution in [2.45, 2.75) is 32.8 Å². The lowest BCUT2D eigenvalue weighted by molar-refractivity contribution is -0.156. The molecule has 2 rings (SSSR count). The molecule has 1 aliphatic carbocycles. The van der Waals surface area contributed by atoms with Gasteiger partial charge in [0, 0.05) is 10.2 Å². The Morgan fingerprint density at radius 1 is 1.14 bits per heavy atom. The highest BCUT2D eigenvalue weighted by Gasteiger charge is 2.35. The largest absolute Gasteiger partial charge is 0.463 e. The van der Waals surface area contributed by atoms with Crippen LogP contribution in [0, 0.1) is 11.8 Å². The van der Waals surface area contributed by atoms with E-state index in [1.807, 2.05) is 50.3 Å². The number of hydrogen-bond donors (Lipinski definition) is 1. The van der Waals surface area contributed by atoms with Crippen molar-refractivity contribution in [3.63, 3.8) is 0 Å². The van der Waals surface area contributed by atoms with Crippen molar-refractivity contribution in [3.05, 3.63) is 40.9 Å². The van der Waals surface area contributed by atoms with Gasteiger partial charge in [-0.3, -0.25) is 9.59 Å². The molecule has 0 saturated heterocycles. The van der Waals surface area contributed by atoms with Gasteiger partial charge in [-0.15, -0.1) is 0 Å². The maximum absolute atomic E-state index is 12.5. The van der Waals surface area contributed by atoms with E-state index in [2.05, 4.69) is 21.2 Å². The number of rotatable bonds is 4. The van der Waals surface area contributed by atoms with Crippen LogP contribution in [0.25, 0.3) is 0 Å². The smallest absolute Gasteiger partial charge is 0.310 e. The van der Waals surface area contributed by atoms with Crippen molar-refractivity contribution < 1.29 is 14.3 Å². The van der Waals surface area contributed by atoms with Crippen LogP contribution >= 0.6 is 15.9 Å². The van der Waals surface area contributed by atoms with Crippen LogP contribution in [-0.2, 0) is 14.3 Å². The summed E-state index contributed by atoms with van der Waals surface area (Å²) in [5.41, 5.74) is 0.721. The normalized spacial score (nSPS) is 20.7. The summed E-state index contributed by atoms with van der Waals surface area (Å²) in [7, 11) is 0. The minimum Gasteiger partial charge on any atom is -0.463 e. The van der Waals surface area contributed by atoms with Gasteiger partial charge in [0.2, 0.25) is 5.91 Å². The Labute approximate surface area is 139 Å². The zero-order chi connectivity index (χ0) is 16.1. The molecule has 0 spiro atoms. The lowest BCUT2D eigenvalue weighted by Crippen LogP contribution is -2.36. The van der Waals surface area contributed by atoms with Gasteiger partial charge in [0.05, 0.1) is 17.9 Å². The Balaban J connectivity index is 2.06. The Bertz CT molecular complexity index is 566. The molecule has 1 aromatic carbocycles. The van der Waals surface area contributed by atoms with Gasteiger partial charge in [0.1, 0.15) is 0 Å². The Hall–Kier alpha value is -1.62. The molecule has 22 heavy (non-hydrogen) atoms. The average molecular weight is 366 g/mol. The fraction of sp³-hybridized carbons (Fsp3) is 0.412. The molecular weight excluding hydrogens is 346 g/mol. The highest BCUT2D eigenvalue weighted by atomic mass is 79.9. The van der Waals surface area contributed by atoms with Gasteiger partial charge in [-0.2, -0.15) is 0 Å². The van der Waals surface area contributed by atoms with Crippen molar-refractivity contribution in [1.29, 1.82) is 0 Å². The van der Waals surface area contributed by atoms with Crippen LogP contribution in [0.5, 0.6) is 0 Å². The van der Waals surface area contributed by atoms with Gasteiger partial charge in [-0.05, 0) is 51.0 Å². The van der Waals surface area contributed by atoms with Crippen LogP contribution in [0.2, 0.25) is 0 Å². The molecule has 0 bridgehead atoms. The predicted octanol–water partition coefficient (Wildman–Crippen LogP) is 3.92. The predicted molar refractivity (Wildman–Crippen MR) is 89.4 cm³/mol. The molecule has 0 heterocycles. The third-order valence-electron chi connectivity index (χ3n) is 3.54. The summed E-state index contributed by atoms with van der Waals surface area (Å²) in [6, 6.07) is 7.37. The number of hydrogen-bond acceptors (Lipinski definition) is 3. The number of esters is 1. The van der Waals surface area contributed by atoms with Gasteiger partial charge >= 0.3 is 5.97 Å². The van der Waals surface area contributed by atoms with E-state index in [1.54, 1.807) is 0 Å². The molecule has 0 aromatic heterocycles. The number of amides is 1. The first-order valence-corrected chi connectivity index (χ1v) is 8.18. The van der Waals surface area contributed by atoms with Crippen LogP contribution in [0.15, 0.2) is 40.9 Å². The molecule has 0 radical (unpaired) electrons. The lowest BCUT2D eigenvalue weighted by Gasteiger charge is -2.26. The number of allylic oxidation sites excluding steroid dienone is 2. The zero-order valence-electron chi connectivity index (χ0n) is 12.7. The van der Waals surface area contributed by atoms with Gasteiger partial charge in [0.25, 0.3) is 0 Å². The molecule has 4 nitrogen and oxygen atoms in total. The maximum atomic E-state index is 12.5. The van der Waals surface area contributed by atoms with Gasteiger partial charge in [-0.25, -0.2) is 0 Å². The fourth-order valence-electron chi connectivity index (χ4n) is 2.45. The number of carbonyl (C=O) groups is 2. The summed E-state index contributed by atoms with van der Waals surface area (Å²) in [6.45, 7) is 3.63. The van der Waals surface area contributed by atoms with Crippen molar-refractivity contribution in [1.82, 2.24) is 0 Å². The van der Waals surface area contributed by atoms with Crippen LogP contribution < -0.4 is 5.32 Å². The second kappa shape index (κ2) is 7.58. The van der Waals surface area contributed by atoms with Crippen LogP contribution in [0.4, 0.5) is 5.69 Å². The van der Waals surface area contributed by atoms with E-state index in [9.17, 15) is 9.59 Å². The van der Waals surface area contributed by atoms with Crippen LogP contribution in [-0.4, -0.2) is 18.0 Å². The van der Waals surface area contributed by atoms with E-state index >= 15 is 0 Å². The van der Waals surface area contributed by atoms with E-state index in [-0.39, 0.29) is 23.9 Å². The third-order valence-corrected chi connectivity index (χ3v) is 4.06. The number of halogens is 1. The summed E-state index contributed by atoms with van der Waals surface area (Å²) >= 11 is 3.36. The lowest BCUT2D eigenvalue weighted by atomic mass is 9.82. The van der Waals surface area contributed by atoms with Crippen molar-refractivity contribution in [2.75, 3.05) is 5.32 Å². The first-order valence-electron chi connectivity index (χ1n) is 7.39. The molecule has 0 aliphatic heterocycles. The second-order valence-electron chi connectivity index (χ2n) is 5.64. The van der Waals surface area contributed by atoms with Crippen LogP contribution in [0.1, 0.15) is 26.7 Å². The monoisotopic (exact) mass is 365 g/mol. The molecule has 0 fully saturated rings. The Kier molecular flexibility index (Phi) is 5.77. The molecule has 0 unspecified atom stereocenters. The summed E-state index contributed by atoms with van der Waals surface area (Å²) in [4.78, 5) is 24.7. The standard InChI is InChI=1S/C17H20BrNO3/c1-11(2)22-17(21)15-6-4-3-5-14(15)16(20)19-13-9-7-12(18)8-10-13/h3-4,7-11,14-15H,5-6H2,1-2H3,(H,19,20)/t14-,15-/m0/s1. The maximum Gasteiger partial charge on any atom is 0.310 e. The minimum absolute atomic E-state index is 0.141. The van der Waals surface area contributed by atoms with Gasteiger partial charge in [-0.1, -0.05) is 28.1 Å². The quantitative estimate of drug-likeness (QED) is 0.649. The summed E-state index contributed by atoms with van der Waals surface area (Å²) in [5.74, 6) is -1.24. The van der Waals surface area contributed by atoms with E-state index in [1.165, 1.54) is 0 Å². The van der Waals surface area contributed by atoms with E-state index in [4.69, 9.17) is 4.74 Å². The zero-order valence-corrected chi connectivity index (χ0v) is 14.3. The summed E-state index contributed by atoms with van der Waals surface area (Å²) in [5, 5.41) is 2.88. The molecule has 1 aliphatic rings. The molecule has 2 atom stereocenters. The number of carbonyl (C=O) groups excluding carboxylic acids is 2. The highest BCUT2D eigenvalue weighted by Crippen LogP contribution is 2.28. The van der Waals surface area contributed by atoms with Gasteiger partial charge < -0.3 is 10.1 Å².